The van der Waals surface area contributed by atoms with Crippen molar-refractivity contribution >= 4 is 5.69 Å². The summed E-state index contributed by atoms with van der Waals surface area (Å²) in [7, 11) is 4.01. The van der Waals surface area contributed by atoms with Gasteiger partial charge in [-0.05, 0) is 37.1 Å². The van der Waals surface area contributed by atoms with Crippen LogP contribution in [0.25, 0.3) is 0 Å². The van der Waals surface area contributed by atoms with Crippen LogP contribution >= 0.6 is 0 Å². The van der Waals surface area contributed by atoms with Crippen LogP contribution in [0.2, 0.25) is 0 Å². The third kappa shape index (κ3) is 6.11. The number of hydrogen-bond acceptors (Lipinski definition) is 11. The van der Waals surface area contributed by atoms with Gasteiger partial charge in [-0.2, -0.15) is 0 Å². The molecule has 3 N–H and O–H groups in total. The maximum Gasteiger partial charge on any atom is 0.275 e. The first-order valence-electron chi connectivity index (χ1n) is 11.1. The summed E-state index contributed by atoms with van der Waals surface area (Å²) in [5.74, 6) is 1.74. The predicted octanol–water partition coefficient (Wildman–Crippen LogP) is 2.44. The zero-order valence-electron chi connectivity index (χ0n) is 20.8. The first-order chi connectivity index (χ1) is 17.2. The molecule has 11 heteroatoms. The minimum atomic E-state index is -0.612. The molecule has 11 nitrogen and oxygen atoms in total. The topological polar surface area (TPSA) is 160 Å². The van der Waals surface area contributed by atoms with Crippen molar-refractivity contribution < 1.29 is 23.0 Å². The van der Waals surface area contributed by atoms with Gasteiger partial charge in [0.05, 0.1) is 45.9 Å². The van der Waals surface area contributed by atoms with E-state index < -0.39 is 21.7 Å². The summed E-state index contributed by atoms with van der Waals surface area (Å²) in [4.78, 5) is 43.6. The second-order valence-corrected chi connectivity index (χ2v) is 7.44. The second kappa shape index (κ2) is 13.1. The molecule has 0 saturated carbocycles. The lowest BCUT2D eigenvalue weighted by Gasteiger charge is -2.18. The van der Waals surface area contributed by atoms with Crippen molar-refractivity contribution in [3.05, 3.63) is 89.2 Å². The molecule has 36 heavy (non-hydrogen) atoms. The molecule has 4 rings (SSSR count). The monoisotopic (exact) mass is 502 g/mol. The Hall–Kier alpha value is -4.12. The number of ether oxygens (including phenoxy) is 3. The van der Waals surface area contributed by atoms with Crippen molar-refractivity contribution in [2.45, 2.75) is 38.8 Å². The zero-order valence-corrected chi connectivity index (χ0v) is 20.8. The molecule has 0 aliphatic rings. The smallest absolute Gasteiger partial charge is 0.275 e. The molecule has 0 bridgehead atoms. The highest BCUT2D eigenvalue weighted by Crippen LogP contribution is 2.26. The largest absolute Gasteiger partial charge is 0.491 e. The highest BCUT2D eigenvalue weighted by molar-refractivity contribution is 5.62. The summed E-state index contributed by atoms with van der Waals surface area (Å²) < 4.78 is 24.3. The Kier molecular flexibility index (Phi) is 10.2. The summed E-state index contributed by atoms with van der Waals surface area (Å²) in [6.45, 7) is 3.99. The van der Waals surface area contributed by atoms with Crippen molar-refractivity contribution in [2.75, 3.05) is 26.6 Å². The van der Waals surface area contributed by atoms with Crippen molar-refractivity contribution in [3.8, 4) is 17.2 Å². The van der Waals surface area contributed by atoms with Gasteiger partial charge in [0.15, 0.2) is 5.75 Å². The third-order valence-corrected chi connectivity index (χ3v) is 5.27. The van der Waals surface area contributed by atoms with E-state index in [0.717, 1.165) is 24.4 Å². The van der Waals surface area contributed by atoms with Gasteiger partial charge < -0.3 is 34.1 Å². The highest BCUT2D eigenvalue weighted by atomic mass is 16.5. The van der Waals surface area contributed by atoms with Gasteiger partial charge in [0.2, 0.25) is 11.5 Å². The zero-order chi connectivity index (χ0) is 26.8. The van der Waals surface area contributed by atoms with Crippen molar-refractivity contribution in [3.63, 3.8) is 0 Å². The molecular weight excluding hydrogens is 472 g/mol. The van der Waals surface area contributed by atoms with Crippen molar-refractivity contribution in [2.24, 2.45) is 5.73 Å². The molecule has 2 aromatic heterocycles. The number of hydrogen-bond donors (Lipinski definition) is 2. The number of methoxy groups -OCH3 is 3. The van der Waals surface area contributed by atoms with Crippen LogP contribution in [-0.4, -0.2) is 21.3 Å². The molecule has 0 aliphatic carbocycles. The maximum absolute atomic E-state index is 11.4. The molecule has 0 amide bonds. The molecular formula is C25H30N2O9. The van der Waals surface area contributed by atoms with E-state index in [-0.39, 0.29) is 35.0 Å². The van der Waals surface area contributed by atoms with Crippen molar-refractivity contribution in [1.82, 2.24) is 0 Å². The third-order valence-electron chi connectivity index (χ3n) is 5.27. The van der Waals surface area contributed by atoms with Crippen LogP contribution in [0.1, 0.15) is 50.3 Å². The van der Waals surface area contributed by atoms with Crippen molar-refractivity contribution in [1.29, 1.82) is 0 Å². The molecule has 0 spiro atoms. The fraction of sp³-hybridized carbons (Fsp3) is 0.360. The number of nitrogens with two attached hydrogens (primary N) is 1. The number of rotatable bonds is 9. The van der Waals surface area contributed by atoms with Gasteiger partial charge in [0.25, 0.3) is 21.7 Å². The number of anilines is 1. The molecule has 0 unspecified atom stereocenters. The summed E-state index contributed by atoms with van der Waals surface area (Å²) in [5.41, 5.74) is 3.54. The van der Waals surface area contributed by atoms with E-state index in [0.29, 0.717) is 0 Å². The van der Waals surface area contributed by atoms with E-state index in [9.17, 15) is 19.2 Å². The van der Waals surface area contributed by atoms with Gasteiger partial charge in [0, 0.05) is 0 Å². The van der Waals surface area contributed by atoms with E-state index in [2.05, 4.69) is 14.8 Å². The fourth-order valence-electron chi connectivity index (χ4n) is 3.16. The molecule has 2 atom stereocenters. The van der Waals surface area contributed by atoms with E-state index >= 15 is 0 Å². The van der Waals surface area contributed by atoms with Crippen LogP contribution in [0.15, 0.2) is 64.8 Å². The average molecular weight is 503 g/mol. The van der Waals surface area contributed by atoms with E-state index in [1.54, 1.807) is 18.6 Å². The van der Waals surface area contributed by atoms with Gasteiger partial charge in [-0.25, -0.2) is 0 Å². The van der Waals surface area contributed by atoms with Crippen LogP contribution in [0.5, 0.6) is 17.2 Å². The fourth-order valence-corrected chi connectivity index (χ4v) is 3.16. The molecule has 194 valence electrons. The Labute approximate surface area is 206 Å². The summed E-state index contributed by atoms with van der Waals surface area (Å²) in [6.07, 6.45) is 4.87. The standard InChI is InChI=1S/C12H13NO4.C7H11NO.C6H6O4/c1-3-7(8-5-4-6-17-8)13-9-10(14)11(15)12(9)16-2;1-2-6(8)7-4-3-5-9-7;1-9-5-3(7)4(8)6(5)10-2/h4-7,13H,3H2,1-2H3;3-6H,2,8H2,1H3;1-2H3/t7-;6-;/m11./s1. The van der Waals surface area contributed by atoms with Gasteiger partial charge >= 0.3 is 0 Å². The van der Waals surface area contributed by atoms with E-state index in [4.69, 9.17) is 19.3 Å². The van der Waals surface area contributed by atoms with Crippen LogP contribution < -0.4 is 47.0 Å². The normalized spacial score (nSPS) is 12.1. The lowest BCUT2D eigenvalue weighted by Crippen LogP contribution is -2.36. The lowest BCUT2D eigenvalue weighted by atomic mass is 10.1. The minimum Gasteiger partial charge on any atom is -0.491 e. The van der Waals surface area contributed by atoms with Gasteiger partial charge in [-0.3, -0.25) is 19.2 Å². The van der Waals surface area contributed by atoms with Gasteiger partial charge in [0.1, 0.15) is 17.2 Å². The second-order valence-electron chi connectivity index (χ2n) is 7.44. The summed E-state index contributed by atoms with van der Waals surface area (Å²) in [6, 6.07) is 7.28. The Morgan fingerprint density at radius 2 is 1.22 bits per heavy atom. The molecule has 0 aliphatic heterocycles. The highest BCUT2D eigenvalue weighted by Gasteiger charge is 2.25. The van der Waals surface area contributed by atoms with E-state index in [1.807, 2.05) is 32.0 Å². The molecule has 2 heterocycles. The first-order valence-corrected chi connectivity index (χ1v) is 11.1. The molecule has 2 aromatic carbocycles. The van der Waals surface area contributed by atoms with Crippen LogP contribution in [0.4, 0.5) is 5.69 Å². The number of nitrogens with one attached hydrogen (secondary N) is 1. The Bertz CT molecular complexity index is 1310. The summed E-state index contributed by atoms with van der Waals surface area (Å²) >= 11 is 0. The minimum absolute atomic E-state index is 0.0208. The van der Waals surface area contributed by atoms with Crippen LogP contribution in [0, 0.1) is 0 Å². The molecule has 0 radical (unpaired) electrons. The SMILES string of the molecule is CC[C@@H](N)c1ccco1.CC[C@@H](Nc1c(OC)c(=O)c1=O)c1ccco1.COc1c(OC)c(=O)c1=O. The number of furan rings is 2. The van der Waals surface area contributed by atoms with Gasteiger partial charge in [-0.15, -0.1) is 0 Å². The summed E-state index contributed by atoms with van der Waals surface area (Å²) in [5, 5.41) is 2.98. The Morgan fingerprint density at radius 3 is 1.61 bits per heavy atom. The quantitative estimate of drug-likeness (QED) is 0.323. The molecule has 4 aromatic rings. The Balaban J connectivity index is 0.000000205. The lowest BCUT2D eigenvalue weighted by molar-refractivity contribution is 0.339. The predicted molar refractivity (Wildman–Crippen MR) is 134 cm³/mol. The Morgan fingerprint density at radius 1 is 0.750 bits per heavy atom. The van der Waals surface area contributed by atoms with Crippen LogP contribution in [-0.2, 0) is 0 Å². The average Bonchev–Trinajstić information content (AvgIpc) is 3.64. The first kappa shape index (κ1) is 28.1. The van der Waals surface area contributed by atoms with Gasteiger partial charge in [-0.1, -0.05) is 13.8 Å². The molecule has 0 saturated heterocycles. The van der Waals surface area contributed by atoms with E-state index in [1.165, 1.54) is 21.3 Å². The molecule has 0 fully saturated rings. The maximum atomic E-state index is 11.4. The van der Waals surface area contributed by atoms with Crippen LogP contribution in [0.3, 0.4) is 0 Å².